The Morgan fingerprint density at radius 3 is 2.60 bits per heavy atom. The van der Waals surface area contributed by atoms with Gasteiger partial charge in [0.1, 0.15) is 0 Å². The average Bonchev–Trinajstić information content (AvgIpc) is 3.10. The Bertz CT molecular complexity index is 861. The molecule has 2 heterocycles. The number of nitrogens with zero attached hydrogens (tertiary/aromatic N) is 1. The lowest BCUT2D eigenvalue weighted by atomic mass is 10.0. The number of anilines is 1. The number of aryl methyl sites for hydroxylation is 1. The minimum atomic E-state index is 0.193. The smallest absolute Gasteiger partial charge is 0.163 e. The maximum Gasteiger partial charge on any atom is 0.163 e. The van der Waals surface area contributed by atoms with Gasteiger partial charge in [-0.2, -0.15) is 0 Å². The maximum atomic E-state index is 12.5. The molecule has 128 valence electrons. The summed E-state index contributed by atoms with van der Waals surface area (Å²) in [4.78, 5) is 18.1. The van der Waals surface area contributed by atoms with E-state index in [9.17, 15) is 4.79 Å². The van der Waals surface area contributed by atoms with Gasteiger partial charge in [-0.25, -0.2) is 0 Å². The number of hydrogen-bond donors (Lipinski definition) is 1. The summed E-state index contributed by atoms with van der Waals surface area (Å²) in [5.74, 6) is 0.193. The maximum absolute atomic E-state index is 12.5. The van der Waals surface area contributed by atoms with E-state index in [0.717, 1.165) is 49.5 Å². The minimum absolute atomic E-state index is 0.193. The summed E-state index contributed by atoms with van der Waals surface area (Å²) in [6, 6.07) is 16.2. The molecule has 0 aliphatic carbocycles. The summed E-state index contributed by atoms with van der Waals surface area (Å²) in [5, 5.41) is 1.21. The van der Waals surface area contributed by atoms with Crippen LogP contribution in [0.4, 0.5) is 5.69 Å². The minimum Gasteiger partial charge on any atom is -0.378 e. The van der Waals surface area contributed by atoms with Crippen molar-refractivity contribution < 1.29 is 9.53 Å². The number of benzene rings is 2. The van der Waals surface area contributed by atoms with E-state index in [1.807, 2.05) is 42.6 Å². The Hall–Kier alpha value is -2.59. The van der Waals surface area contributed by atoms with Crippen molar-refractivity contribution in [1.29, 1.82) is 0 Å². The molecule has 0 radical (unpaired) electrons. The number of fused-ring (bicyclic) bond motifs is 1. The number of para-hydroxylation sites is 1. The molecule has 0 unspecified atom stereocenters. The molecule has 4 rings (SSSR count). The Kier molecular flexibility index (Phi) is 4.53. The quantitative estimate of drug-likeness (QED) is 0.722. The normalized spacial score (nSPS) is 14.8. The third kappa shape index (κ3) is 3.44. The van der Waals surface area contributed by atoms with Crippen LogP contribution in [0.25, 0.3) is 10.9 Å². The largest absolute Gasteiger partial charge is 0.378 e. The number of carbonyl (C=O) groups excluding carboxylic acids is 1. The Morgan fingerprint density at radius 1 is 1.04 bits per heavy atom. The van der Waals surface area contributed by atoms with Crippen LogP contribution in [0.1, 0.15) is 22.3 Å². The Labute approximate surface area is 147 Å². The topological polar surface area (TPSA) is 45.3 Å². The number of carbonyl (C=O) groups is 1. The highest BCUT2D eigenvalue weighted by molar-refractivity contribution is 5.96. The number of H-pyrrole nitrogens is 1. The van der Waals surface area contributed by atoms with Gasteiger partial charge >= 0.3 is 0 Å². The van der Waals surface area contributed by atoms with Crippen LogP contribution in [0, 0.1) is 0 Å². The SMILES string of the molecule is O=C(CCc1c[nH]c2ccccc12)c1ccc(N2CCOCC2)cc1. The fraction of sp³-hybridized carbons (Fsp3) is 0.286. The zero-order valence-corrected chi connectivity index (χ0v) is 14.2. The highest BCUT2D eigenvalue weighted by Gasteiger charge is 2.13. The van der Waals surface area contributed by atoms with Gasteiger partial charge in [-0.15, -0.1) is 0 Å². The van der Waals surface area contributed by atoms with Crippen molar-refractivity contribution in [1.82, 2.24) is 4.98 Å². The van der Waals surface area contributed by atoms with Crippen LogP contribution in [0.15, 0.2) is 54.7 Å². The molecule has 1 N–H and O–H groups in total. The Morgan fingerprint density at radius 2 is 1.80 bits per heavy atom. The Balaban J connectivity index is 1.40. The van der Waals surface area contributed by atoms with Crippen molar-refractivity contribution in [2.75, 3.05) is 31.2 Å². The standard InChI is InChI=1S/C21H22N2O2/c24-21(10-7-17-15-22-20-4-2-1-3-19(17)20)16-5-8-18(9-6-16)23-11-13-25-14-12-23/h1-6,8-9,15,22H,7,10-14H2. The molecule has 2 aromatic carbocycles. The number of ether oxygens (including phenoxy) is 1. The lowest BCUT2D eigenvalue weighted by Crippen LogP contribution is -2.36. The molecule has 1 aliphatic rings. The molecule has 3 aromatic rings. The summed E-state index contributed by atoms with van der Waals surface area (Å²) < 4.78 is 5.38. The van der Waals surface area contributed by atoms with Crippen LogP contribution < -0.4 is 4.90 Å². The van der Waals surface area contributed by atoms with E-state index in [0.29, 0.717) is 6.42 Å². The van der Waals surface area contributed by atoms with E-state index in [1.165, 1.54) is 10.9 Å². The van der Waals surface area contributed by atoms with Crippen molar-refractivity contribution >= 4 is 22.4 Å². The average molecular weight is 334 g/mol. The van der Waals surface area contributed by atoms with Crippen molar-refractivity contribution in [2.45, 2.75) is 12.8 Å². The second kappa shape index (κ2) is 7.11. The van der Waals surface area contributed by atoms with Crippen LogP contribution in [-0.2, 0) is 11.2 Å². The molecule has 1 aliphatic heterocycles. The molecule has 0 saturated carbocycles. The lowest BCUT2D eigenvalue weighted by Gasteiger charge is -2.28. The lowest BCUT2D eigenvalue weighted by molar-refractivity contribution is 0.0983. The molecule has 0 amide bonds. The molecule has 1 aromatic heterocycles. The van der Waals surface area contributed by atoms with Crippen LogP contribution in [0.2, 0.25) is 0 Å². The van der Waals surface area contributed by atoms with Crippen LogP contribution in [0.3, 0.4) is 0 Å². The number of hydrogen-bond acceptors (Lipinski definition) is 3. The van der Waals surface area contributed by atoms with Gasteiger partial charge in [-0.05, 0) is 42.3 Å². The monoisotopic (exact) mass is 334 g/mol. The fourth-order valence-electron chi connectivity index (χ4n) is 3.41. The van der Waals surface area contributed by atoms with Crippen LogP contribution >= 0.6 is 0 Å². The van der Waals surface area contributed by atoms with E-state index < -0.39 is 0 Å². The molecule has 4 nitrogen and oxygen atoms in total. The zero-order chi connectivity index (χ0) is 17.1. The molecule has 0 atom stereocenters. The van der Waals surface area contributed by atoms with Crippen LogP contribution in [-0.4, -0.2) is 37.1 Å². The highest BCUT2D eigenvalue weighted by atomic mass is 16.5. The molecular weight excluding hydrogens is 312 g/mol. The van der Waals surface area contributed by atoms with E-state index in [1.54, 1.807) is 0 Å². The number of aromatic amines is 1. The zero-order valence-electron chi connectivity index (χ0n) is 14.2. The van der Waals surface area contributed by atoms with E-state index >= 15 is 0 Å². The van der Waals surface area contributed by atoms with Gasteiger partial charge < -0.3 is 14.6 Å². The second-order valence-electron chi connectivity index (χ2n) is 6.43. The van der Waals surface area contributed by atoms with Gasteiger partial charge in [0.05, 0.1) is 13.2 Å². The van der Waals surface area contributed by atoms with E-state index in [4.69, 9.17) is 4.74 Å². The summed E-state index contributed by atoms with van der Waals surface area (Å²) in [7, 11) is 0. The van der Waals surface area contributed by atoms with Crippen molar-refractivity contribution in [3.05, 3.63) is 65.9 Å². The van der Waals surface area contributed by atoms with Gasteiger partial charge in [0.15, 0.2) is 5.78 Å². The molecular formula is C21H22N2O2. The van der Waals surface area contributed by atoms with Crippen molar-refractivity contribution in [3.63, 3.8) is 0 Å². The number of rotatable bonds is 5. The predicted octanol–water partition coefficient (Wildman–Crippen LogP) is 3.82. The summed E-state index contributed by atoms with van der Waals surface area (Å²) in [6.45, 7) is 3.36. The number of nitrogens with one attached hydrogen (secondary N) is 1. The van der Waals surface area contributed by atoms with E-state index in [2.05, 4.69) is 22.0 Å². The van der Waals surface area contributed by atoms with Gasteiger partial charge in [0, 0.05) is 47.9 Å². The first kappa shape index (κ1) is 15.9. The third-order valence-electron chi connectivity index (χ3n) is 4.86. The highest BCUT2D eigenvalue weighted by Crippen LogP contribution is 2.21. The van der Waals surface area contributed by atoms with Gasteiger partial charge in [0.25, 0.3) is 0 Å². The van der Waals surface area contributed by atoms with Crippen LogP contribution in [0.5, 0.6) is 0 Å². The molecule has 4 heteroatoms. The van der Waals surface area contributed by atoms with Crippen molar-refractivity contribution in [3.8, 4) is 0 Å². The molecule has 0 bridgehead atoms. The third-order valence-corrected chi connectivity index (χ3v) is 4.86. The number of aromatic nitrogens is 1. The second-order valence-corrected chi connectivity index (χ2v) is 6.43. The molecule has 25 heavy (non-hydrogen) atoms. The summed E-state index contributed by atoms with van der Waals surface area (Å²) in [5.41, 5.74) is 4.28. The fourth-order valence-corrected chi connectivity index (χ4v) is 3.41. The number of ketones is 1. The van der Waals surface area contributed by atoms with Gasteiger partial charge in [0.2, 0.25) is 0 Å². The van der Waals surface area contributed by atoms with E-state index in [-0.39, 0.29) is 5.78 Å². The van der Waals surface area contributed by atoms with Gasteiger partial charge in [-0.1, -0.05) is 18.2 Å². The molecule has 0 spiro atoms. The summed E-state index contributed by atoms with van der Waals surface area (Å²) >= 11 is 0. The van der Waals surface area contributed by atoms with Crippen molar-refractivity contribution in [2.24, 2.45) is 0 Å². The number of Topliss-reactive ketones (excluding diaryl/α,β-unsaturated/α-hetero) is 1. The first-order valence-corrected chi connectivity index (χ1v) is 8.82. The summed E-state index contributed by atoms with van der Waals surface area (Å²) in [6.07, 6.45) is 3.30. The number of morpholine rings is 1. The first-order chi connectivity index (χ1) is 12.3. The predicted molar refractivity (Wildman–Crippen MR) is 100 cm³/mol. The molecule has 1 saturated heterocycles. The molecule has 1 fully saturated rings. The first-order valence-electron chi connectivity index (χ1n) is 8.82. The van der Waals surface area contributed by atoms with Gasteiger partial charge in [-0.3, -0.25) is 4.79 Å².